The highest BCUT2D eigenvalue weighted by Gasteiger charge is 2.12. The van der Waals surface area contributed by atoms with E-state index in [4.69, 9.17) is 11.5 Å². The van der Waals surface area contributed by atoms with Crippen LogP contribution in [0.5, 0.6) is 0 Å². The lowest BCUT2D eigenvalue weighted by Crippen LogP contribution is -2.00. The number of nitrogens with zero attached hydrogens (tertiary/aromatic N) is 3. The third-order valence-electron chi connectivity index (χ3n) is 3.37. The topological polar surface area (TPSA) is 106 Å². The van der Waals surface area contributed by atoms with Crippen LogP contribution in [0.25, 0.3) is 11.2 Å². The number of benzene rings is 1. The smallest absolute Gasteiger partial charge is 0.183 e. The molecule has 0 aliphatic rings. The van der Waals surface area contributed by atoms with Crippen molar-refractivity contribution in [3.05, 3.63) is 42.0 Å². The predicted octanol–water partition coefficient (Wildman–Crippen LogP) is 1.86. The number of aromatic amines is 1. The fraction of sp³-hybridized carbons (Fsp3) is 0.214. The Bertz CT molecular complexity index is 731. The fourth-order valence-electron chi connectivity index (χ4n) is 2.22. The van der Waals surface area contributed by atoms with Gasteiger partial charge in [-0.3, -0.25) is 0 Å². The Morgan fingerprint density at radius 3 is 2.60 bits per heavy atom. The number of nitrogen functional groups attached to an aromatic ring is 2. The first-order chi connectivity index (χ1) is 9.63. The highest BCUT2D eigenvalue weighted by molar-refractivity contribution is 5.80. The van der Waals surface area contributed by atoms with Gasteiger partial charge in [0.2, 0.25) is 0 Å². The summed E-state index contributed by atoms with van der Waals surface area (Å²) in [4.78, 5) is 15.7. The normalized spacial score (nSPS) is 12.7. The maximum absolute atomic E-state index is 5.79. The molecule has 20 heavy (non-hydrogen) atoms. The molecule has 0 amide bonds. The van der Waals surface area contributed by atoms with Crippen LogP contribution in [0.1, 0.15) is 24.2 Å². The summed E-state index contributed by atoms with van der Waals surface area (Å²) in [6, 6.07) is 7.90. The van der Waals surface area contributed by atoms with Gasteiger partial charge in [-0.05, 0) is 23.6 Å². The van der Waals surface area contributed by atoms with Gasteiger partial charge in [-0.1, -0.05) is 19.1 Å². The minimum atomic E-state index is 0.324. The van der Waals surface area contributed by atoms with E-state index in [1.54, 1.807) is 0 Å². The minimum Gasteiger partial charge on any atom is -0.399 e. The zero-order valence-corrected chi connectivity index (χ0v) is 11.2. The van der Waals surface area contributed by atoms with Crippen LogP contribution in [0.4, 0.5) is 11.5 Å². The molecular formula is C14H16N6. The summed E-state index contributed by atoms with van der Waals surface area (Å²) in [7, 11) is 0. The average molecular weight is 268 g/mol. The number of nitrogens with two attached hydrogens (primary N) is 2. The van der Waals surface area contributed by atoms with Crippen LogP contribution in [0.15, 0.2) is 30.6 Å². The number of aromatic nitrogens is 4. The molecule has 1 aromatic carbocycles. The first-order valence-electron chi connectivity index (χ1n) is 6.44. The van der Waals surface area contributed by atoms with Gasteiger partial charge in [-0.25, -0.2) is 15.0 Å². The molecule has 1 unspecified atom stereocenters. The van der Waals surface area contributed by atoms with Gasteiger partial charge < -0.3 is 16.5 Å². The number of H-pyrrole nitrogens is 1. The van der Waals surface area contributed by atoms with E-state index in [-0.39, 0.29) is 0 Å². The molecule has 0 fully saturated rings. The van der Waals surface area contributed by atoms with Crippen molar-refractivity contribution in [2.45, 2.75) is 19.3 Å². The minimum absolute atomic E-state index is 0.324. The van der Waals surface area contributed by atoms with Gasteiger partial charge in [0, 0.05) is 12.1 Å². The third-order valence-corrected chi connectivity index (χ3v) is 3.37. The van der Waals surface area contributed by atoms with Crippen molar-refractivity contribution in [2.24, 2.45) is 0 Å². The van der Waals surface area contributed by atoms with Gasteiger partial charge in [0.15, 0.2) is 11.5 Å². The number of hydrogen-bond donors (Lipinski definition) is 3. The molecule has 3 rings (SSSR count). The SMILES string of the molecule is CC(Cc1nc2ncnc(N)c2[nH]1)c1ccc(N)cc1. The van der Waals surface area contributed by atoms with Crippen molar-refractivity contribution in [1.29, 1.82) is 0 Å². The van der Waals surface area contributed by atoms with Gasteiger partial charge in [-0.2, -0.15) is 0 Å². The lowest BCUT2D eigenvalue weighted by atomic mass is 9.97. The van der Waals surface area contributed by atoms with E-state index in [2.05, 4.69) is 26.9 Å². The molecular weight excluding hydrogens is 252 g/mol. The molecule has 2 aromatic heterocycles. The van der Waals surface area contributed by atoms with Crippen LogP contribution in [0.2, 0.25) is 0 Å². The van der Waals surface area contributed by atoms with Crippen molar-refractivity contribution < 1.29 is 0 Å². The van der Waals surface area contributed by atoms with Crippen LogP contribution in [0.3, 0.4) is 0 Å². The molecule has 0 aliphatic carbocycles. The van der Waals surface area contributed by atoms with Crippen LogP contribution in [-0.2, 0) is 6.42 Å². The predicted molar refractivity (Wildman–Crippen MR) is 79.1 cm³/mol. The molecule has 0 spiro atoms. The standard InChI is InChI=1S/C14H16N6/c1-8(9-2-4-10(15)5-3-9)6-11-19-12-13(16)17-7-18-14(12)20-11/h2-5,7-8H,6,15H2,1H3,(H3,16,17,18,19,20). The van der Waals surface area contributed by atoms with Crippen LogP contribution in [0, 0.1) is 0 Å². The highest BCUT2D eigenvalue weighted by Crippen LogP contribution is 2.22. The Balaban J connectivity index is 1.85. The average Bonchev–Trinajstić information content (AvgIpc) is 2.83. The molecule has 0 radical (unpaired) electrons. The second-order valence-electron chi connectivity index (χ2n) is 4.91. The second kappa shape index (κ2) is 4.80. The van der Waals surface area contributed by atoms with Crippen LogP contribution < -0.4 is 11.5 Å². The first-order valence-corrected chi connectivity index (χ1v) is 6.44. The second-order valence-corrected chi connectivity index (χ2v) is 4.91. The molecule has 0 aliphatic heterocycles. The highest BCUT2D eigenvalue weighted by atomic mass is 15.0. The van der Waals surface area contributed by atoms with Gasteiger partial charge in [0.25, 0.3) is 0 Å². The first kappa shape index (κ1) is 12.4. The Labute approximate surface area is 116 Å². The van der Waals surface area contributed by atoms with Crippen LogP contribution in [-0.4, -0.2) is 19.9 Å². The molecule has 2 heterocycles. The van der Waals surface area contributed by atoms with E-state index in [0.717, 1.165) is 17.9 Å². The fourth-order valence-corrected chi connectivity index (χ4v) is 2.22. The molecule has 6 heteroatoms. The number of nitrogens with one attached hydrogen (secondary N) is 1. The van der Waals surface area contributed by atoms with Crippen molar-refractivity contribution in [3.8, 4) is 0 Å². The lowest BCUT2D eigenvalue weighted by molar-refractivity contribution is 0.729. The Kier molecular flexibility index (Phi) is 2.98. The zero-order chi connectivity index (χ0) is 14.1. The van der Waals surface area contributed by atoms with Gasteiger partial charge in [0.05, 0.1) is 0 Å². The molecule has 3 aromatic rings. The van der Waals surface area contributed by atoms with E-state index in [1.165, 1.54) is 11.9 Å². The summed E-state index contributed by atoms with van der Waals surface area (Å²) in [5, 5.41) is 0. The number of rotatable bonds is 3. The Morgan fingerprint density at radius 2 is 1.90 bits per heavy atom. The lowest BCUT2D eigenvalue weighted by Gasteiger charge is -2.10. The maximum Gasteiger partial charge on any atom is 0.183 e. The summed E-state index contributed by atoms with van der Waals surface area (Å²) in [5.41, 5.74) is 14.8. The van der Waals surface area contributed by atoms with E-state index in [9.17, 15) is 0 Å². The molecule has 5 N–H and O–H groups in total. The number of anilines is 2. The largest absolute Gasteiger partial charge is 0.399 e. The van der Waals surface area contributed by atoms with E-state index >= 15 is 0 Å². The van der Waals surface area contributed by atoms with E-state index in [0.29, 0.717) is 22.9 Å². The summed E-state index contributed by atoms with van der Waals surface area (Å²) >= 11 is 0. The monoisotopic (exact) mass is 268 g/mol. The molecule has 0 bridgehead atoms. The summed E-state index contributed by atoms with van der Waals surface area (Å²) in [5.74, 6) is 1.61. The summed E-state index contributed by atoms with van der Waals surface area (Å²) < 4.78 is 0. The summed E-state index contributed by atoms with van der Waals surface area (Å²) in [6.45, 7) is 2.15. The van der Waals surface area contributed by atoms with Crippen molar-refractivity contribution in [2.75, 3.05) is 11.5 Å². The third kappa shape index (κ3) is 2.27. The maximum atomic E-state index is 5.79. The Hall–Kier alpha value is -2.63. The zero-order valence-electron chi connectivity index (χ0n) is 11.2. The summed E-state index contributed by atoms with van der Waals surface area (Å²) in [6.07, 6.45) is 2.20. The van der Waals surface area contributed by atoms with Crippen molar-refractivity contribution in [3.63, 3.8) is 0 Å². The van der Waals surface area contributed by atoms with E-state index < -0.39 is 0 Å². The van der Waals surface area contributed by atoms with Crippen molar-refractivity contribution >= 4 is 22.7 Å². The molecule has 0 saturated carbocycles. The molecule has 102 valence electrons. The van der Waals surface area contributed by atoms with Crippen molar-refractivity contribution in [1.82, 2.24) is 19.9 Å². The van der Waals surface area contributed by atoms with Gasteiger partial charge in [0.1, 0.15) is 17.7 Å². The molecule has 6 nitrogen and oxygen atoms in total. The van der Waals surface area contributed by atoms with Gasteiger partial charge >= 0.3 is 0 Å². The number of hydrogen-bond acceptors (Lipinski definition) is 5. The molecule has 1 atom stereocenters. The number of fused-ring (bicyclic) bond motifs is 1. The Morgan fingerprint density at radius 1 is 1.15 bits per heavy atom. The molecule has 0 saturated heterocycles. The quantitative estimate of drug-likeness (QED) is 0.628. The number of imidazole rings is 1. The van der Waals surface area contributed by atoms with Gasteiger partial charge in [-0.15, -0.1) is 0 Å². The van der Waals surface area contributed by atoms with E-state index in [1.807, 2.05) is 24.3 Å². The van der Waals surface area contributed by atoms with Crippen LogP contribution >= 0.6 is 0 Å².